The third-order valence-electron chi connectivity index (χ3n) is 2.39. The van der Waals surface area contributed by atoms with Crippen molar-refractivity contribution in [3.05, 3.63) is 54.4 Å². The highest BCUT2D eigenvalue weighted by atomic mass is 16.2. The number of amides is 2. The molecular formula is C13H13N3O. The standard InChI is InChI=1S/C13H13N3O/c14-13(17)16-8-10-3-1-4-11(7-10)12-5-2-6-15-9-12/h1-7,9H,8H2,(H3,14,16,17). The average Bonchev–Trinajstić information content (AvgIpc) is 2.38. The van der Waals surface area contributed by atoms with Crippen molar-refractivity contribution < 1.29 is 4.79 Å². The molecule has 3 N–H and O–H groups in total. The molecule has 2 aromatic rings. The van der Waals surface area contributed by atoms with Crippen molar-refractivity contribution in [3.63, 3.8) is 0 Å². The minimum atomic E-state index is -0.517. The number of carbonyl (C=O) groups excluding carboxylic acids is 1. The molecule has 1 heterocycles. The maximum absolute atomic E-state index is 10.6. The zero-order valence-corrected chi connectivity index (χ0v) is 9.26. The van der Waals surface area contributed by atoms with Gasteiger partial charge >= 0.3 is 6.03 Å². The van der Waals surface area contributed by atoms with Crippen LogP contribution in [0, 0.1) is 0 Å². The van der Waals surface area contributed by atoms with E-state index in [0.717, 1.165) is 16.7 Å². The number of primary amides is 1. The molecular weight excluding hydrogens is 214 g/mol. The Morgan fingerprint density at radius 2 is 2.06 bits per heavy atom. The first-order valence-corrected chi connectivity index (χ1v) is 5.28. The van der Waals surface area contributed by atoms with E-state index >= 15 is 0 Å². The molecule has 0 saturated carbocycles. The highest BCUT2D eigenvalue weighted by Crippen LogP contribution is 2.18. The van der Waals surface area contributed by atoms with Gasteiger partial charge in [-0.25, -0.2) is 4.79 Å². The molecule has 0 spiro atoms. The monoisotopic (exact) mass is 227 g/mol. The summed E-state index contributed by atoms with van der Waals surface area (Å²) in [7, 11) is 0. The van der Waals surface area contributed by atoms with Crippen LogP contribution in [0.3, 0.4) is 0 Å². The molecule has 4 heteroatoms. The molecule has 0 aliphatic carbocycles. The van der Waals surface area contributed by atoms with Gasteiger partial charge in [0.25, 0.3) is 0 Å². The van der Waals surface area contributed by atoms with Crippen LogP contribution < -0.4 is 11.1 Å². The lowest BCUT2D eigenvalue weighted by Crippen LogP contribution is -2.28. The summed E-state index contributed by atoms with van der Waals surface area (Å²) in [5.41, 5.74) is 8.15. The van der Waals surface area contributed by atoms with Crippen LogP contribution in [-0.2, 0) is 6.54 Å². The zero-order valence-electron chi connectivity index (χ0n) is 9.26. The smallest absolute Gasteiger partial charge is 0.312 e. The van der Waals surface area contributed by atoms with Gasteiger partial charge in [-0.2, -0.15) is 0 Å². The summed E-state index contributed by atoms with van der Waals surface area (Å²) in [5, 5.41) is 2.56. The van der Waals surface area contributed by atoms with Gasteiger partial charge in [0, 0.05) is 18.9 Å². The van der Waals surface area contributed by atoms with Gasteiger partial charge in [0.2, 0.25) is 0 Å². The fourth-order valence-corrected chi connectivity index (χ4v) is 1.58. The SMILES string of the molecule is NC(=O)NCc1cccc(-c2cccnc2)c1. The highest BCUT2D eigenvalue weighted by Gasteiger charge is 1.99. The maximum Gasteiger partial charge on any atom is 0.312 e. The van der Waals surface area contributed by atoms with Gasteiger partial charge in [0.05, 0.1) is 0 Å². The summed E-state index contributed by atoms with van der Waals surface area (Å²) in [5.74, 6) is 0. The van der Waals surface area contributed by atoms with Crippen LogP contribution in [0.4, 0.5) is 4.79 Å². The van der Waals surface area contributed by atoms with Crippen LogP contribution in [0.15, 0.2) is 48.8 Å². The summed E-state index contributed by atoms with van der Waals surface area (Å²) in [6.45, 7) is 0.434. The van der Waals surface area contributed by atoms with E-state index in [-0.39, 0.29) is 0 Å². The second-order valence-electron chi connectivity index (χ2n) is 3.66. The van der Waals surface area contributed by atoms with Gasteiger partial charge in [-0.1, -0.05) is 24.3 Å². The van der Waals surface area contributed by atoms with Crippen molar-refractivity contribution in [2.24, 2.45) is 5.73 Å². The first-order valence-electron chi connectivity index (χ1n) is 5.28. The summed E-state index contributed by atoms with van der Waals surface area (Å²) < 4.78 is 0. The van der Waals surface area contributed by atoms with E-state index in [9.17, 15) is 4.79 Å². The van der Waals surface area contributed by atoms with E-state index in [4.69, 9.17) is 5.73 Å². The summed E-state index contributed by atoms with van der Waals surface area (Å²) in [4.78, 5) is 14.7. The normalized spacial score (nSPS) is 9.88. The largest absolute Gasteiger partial charge is 0.352 e. The molecule has 2 rings (SSSR count). The molecule has 0 bridgehead atoms. The van der Waals surface area contributed by atoms with Crippen LogP contribution in [0.25, 0.3) is 11.1 Å². The van der Waals surface area contributed by atoms with E-state index in [0.29, 0.717) is 6.54 Å². The van der Waals surface area contributed by atoms with E-state index in [1.807, 2.05) is 36.4 Å². The number of hydrogen-bond donors (Lipinski definition) is 2. The molecule has 1 aromatic heterocycles. The van der Waals surface area contributed by atoms with E-state index in [2.05, 4.69) is 10.3 Å². The number of urea groups is 1. The number of nitrogens with one attached hydrogen (secondary N) is 1. The second kappa shape index (κ2) is 5.12. The van der Waals surface area contributed by atoms with Crippen molar-refractivity contribution in [2.75, 3.05) is 0 Å². The van der Waals surface area contributed by atoms with Crippen molar-refractivity contribution in [1.82, 2.24) is 10.3 Å². The van der Waals surface area contributed by atoms with Crippen LogP contribution in [-0.4, -0.2) is 11.0 Å². The van der Waals surface area contributed by atoms with Crippen LogP contribution >= 0.6 is 0 Å². The van der Waals surface area contributed by atoms with Crippen LogP contribution in [0.5, 0.6) is 0 Å². The molecule has 2 amide bonds. The second-order valence-corrected chi connectivity index (χ2v) is 3.66. The minimum Gasteiger partial charge on any atom is -0.352 e. The number of rotatable bonds is 3. The van der Waals surface area contributed by atoms with E-state index in [1.165, 1.54) is 0 Å². The number of nitrogens with zero attached hydrogens (tertiary/aromatic N) is 1. The Balaban J connectivity index is 2.20. The number of carbonyl (C=O) groups is 1. The van der Waals surface area contributed by atoms with Gasteiger partial charge in [0.15, 0.2) is 0 Å². The fourth-order valence-electron chi connectivity index (χ4n) is 1.58. The third-order valence-corrected chi connectivity index (χ3v) is 2.39. The maximum atomic E-state index is 10.6. The topological polar surface area (TPSA) is 68.0 Å². The molecule has 17 heavy (non-hydrogen) atoms. The number of benzene rings is 1. The van der Waals surface area contributed by atoms with E-state index in [1.54, 1.807) is 12.4 Å². The van der Waals surface area contributed by atoms with Gasteiger partial charge in [0.1, 0.15) is 0 Å². The fraction of sp³-hybridized carbons (Fsp3) is 0.0769. The predicted octanol–water partition coefficient (Wildman–Crippen LogP) is 1.92. The Morgan fingerprint density at radius 1 is 1.24 bits per heavy atom. The van der Waals surface area contributed by atoms with Crippen molar-refractivity contribution in [2.45, 2.75) is 6.54 Å². The quantitative estimate of drug-likeness (QED) is 0.841. The first kappa shape index (κ1) is 11.1. The van der Waals surface area contributed by atoms with Gasteiger partial charge in [-0.3, -0.25) is 4.98 Å². The van der Waals surface area contributed by atoms with Crippen LogP contribution in [0.2, 0.25) is 0 Å². The van der Waals surface area contributed by atoms with E-state index < -0.39 is 6.03 Å². The Morgan fingerprint density at radius 3 is 2.76 bits per heavy atom. The van der Waals surface area contributed by atoms with Crippen molar-refractivity contribution >= 4 is 6.03 Å². The molecule has 0 saturated heterocycles. The van der Waals surface area contributed by atoms with Gasteiger partial charge < -0.3 is 11.1 Å². The molecule has 0 aliphatic rings. The molecule has 1 aromatic carbocycles. The molecule has 0 atom stereocenters. The summed E-state index contributed by atoms with van der Waals surface area (Å²) in [6, 6.07) is 11.3. The lowest BCUT2D eigenvalue weighted by atomic mass is 10.0. The first-order chi connectivity index (χ1) is 8.25. The Labute approximate surface area is 99.5 Å². The minimum absolute atomic E-state index is 0.434. The highest BCUT2D eigenvalue weighted by molar-refractivity contribution is 5.71. The summed E-state index contributed by atoms with van der Waals surface area (Å²) >= 11 is 0. The Hall–Kier alpha value is -2.36. The number of nitrogens with two attached hydrogens (primary N) is 1. The number of pyridine rings is 1. The molecule has 0 fully saturated rings. The number of aromatic nitrogens is 1. The lowest BCUT2D eigenvalue weighted by Gasteiger charge is -2.05. The lowest BCUT2D eigenvalue weighted by molar-refractivity contribution is 0.248. The van der Waals surface area contributed by atoms with Crippen LogP contribution in [0.1, 0.15) is 5.56 Å². The van der Waals surface area contributed by atoms with Gasteiger partial charge in [-0.15, -0.1) is 0 Å². The Bertz CT molecular complexity index is 511. The third kappa shape index (κ3) is 3.04. The molecule has 0 aliphatic heterocycles. The Kier molecular flexibility index (Phi) is 3.35. The number of hydrogen-bond acceptors (Lipinski definition) is 2. The van der Waals surface area contributed by atoms with Gasteiger partial charge in [-0.05, 0) is 28.8 Å². The summed E-state index contributed by atoms with van der Waals surface area (Å²) in [6.07, 6.45) is 3.54. The van der Waals surface area contributed by atoms with Crippen molar-refractivity contribution in [3.8, 4) is 11.1 Å². The molecule has 0 radical (unpaired) electrons. The predicted molar refractivity (Wildman–Crippen MR) is 66.1 cm³/mol. The average molecular weight is 227 g/mol. The molecule has 86 valence electrons. The molecule has 4 nitrogen and oxygen atoms in total. The zero-order chi connectivity index (χ0) is 12.1. The molecule has 0 unspecified atom stereocenters. The van der Waals surface area contributed by atoms with Crippen molar-refractivity contribution in [1.29, 1.82) is 0 Å².